The predicted molar refractivity (Wildman–Crippen MR) is 94.0 cm³/mol. The largest absolute Gasteiger partial charge is 0.464 e. The van der Waals surface area contributed by atoms with E-state index in [1.54, 1.807) is 38.1 Å². The molecular weight excluding hydrogens is 322 g/mol. The van der Waals surface area contributed by atoms with Crippen molar-refractivity contribution in [2.24, 2.45) is 5.73 Å². The van der Waals surface area contributed by atoms with Gasteiger partial charge < -0.3 is 21.1 Å². The molecule has 2 amide bonds. The topological polar surface area (TPSA) is 111 Å². The van der Waals surface area contributed by atoms with Gasteiger partial charge in [-0.2, -0.15) is 0 Å². The van der Waals surface area contributed by atoms with Crippen LogP contribution in [0.3, 0.4) is 0 Å². The third-order valence-corrected chi connectivity index (χ3v) is 4.34. The Balaban J connectivity index is 1.94. The Morgan fingerprint density at radius 2 is 1.80 bits per heavy atom. The van der Waals surface area contributed by atoms with Gasteiger partial charge in [-0.05, 0) is 51.0 Å². The van der Waals surface area contributed by atoms with E-state index in [0.717, 1.165) is 12.8 Å². The number of hydrogen-bond acceptors (Lipinski definition) is 5. The molecule has 4 N–H and O–H groups in total. The van der Waals surface area contributed by atoms with Crippen LogP contribution in [-0.4, -0.2) is 36.0 Å². The minimum Gasteiger partial charge on any atom is -0.464 e. The van der Waals surface area contributed by atoms with E-state index in [2.05, 4.69) is 10.6 Å². The van der Waals surface area contributed by atoms with Gasteiger partial charge in [0.15, 0.2) is 0 Å². The lowest BCUT2D eigenvalue weighted by Gasteiger charge is -2.22. The second kappa shape index (κ2) is 8.11. The molecule has 1 saturated carbocycles. The number of carbonyl (C=O) groups is 3. The van der Waals surface area contributed by atoms with Crippen molar-refractivity contribution in [2.75, 3.05) is 11.9 Å². The summed E-state index contributed by atoms with van der Waals surface area (Å²) in [6.45, 7) is 3.53. The highest BCUT2D eigenvalue weighted by molar-refractivity contribution is 5.99. The molecule has 7 nitrogen and oxygen atoms in total. The van der Waals surface area contributed by atoms with Crippen LogP contribution in [0.4, 0.5) is 5.69 Å². The van der Waals surface area contributed by atoms with Crippen molar-refractivity contribution in [3.8, 4) is 0 Å². The van der Waals surface area contributed by atoms with Crippen molar-refractivity contribution in [1.29, 1.82) is 0 Å². The lowest BCUT2D eigenvalue weighted by Crippen LogP contribution is -2.48. The van der Waals surface area contributed by atoms with E-state index in [-0.39, 0.29) is 18.4 Å². The molecule has 1 aliphatic rings. The average Bonchev–Trinajstić information content (AvgIpc) is 3.03. The maximum absolute atomic E-state index is 12.3. The second-order valence-corrected chi connectivity index (χ2v) is 6.34. The maximum atomic E-state index is 12.3. The number of rotatable bonds is 6. The number of nitrogens with one attached hydrogen (secondary N) is 2. The van der Waals surface area contributed by atoms with Crippen molar-refractivity contribution >= 4 is 23.5 Å². The van der Waals surface area contributed by atoms with Gasteiger partial charge in [-0.15, -0.1) is 0 Å². The quantitative estimate of drug-likeness (QED) is 0.677. The highest BCUT2D eigenvalue weighted by Gasteiger charge is 2.36. The van der Waals surface area contributed by atoms with Crippen LogP contribution in [0.2, 0.25) is 0 Å². The Bertz CT molecular complexity index is 636. The first-order valence-electron chi connectivity index (χ1n) is 8.53. The minimum absolute atomic E-state index is 0.196. The number of carbonyl (C=O) groups excluding carboxylic acids is 3. The number of esters is 1. The van der Waals surface area contributed by atoms with Gasteiger partial charge >= 0.3 is 5.97 Å². The molecule has 1 unspecified atom stereocenters. The Hall–Kier alpha value is -2.41. The molecule has 1 aliphatic carbocycles. The van der Waals surface area contributed by atoms with Gasteiger partial charge in [-0.3, -0.25) is 9.59 Å². The third kappa shape index (κ3) is 4.79. The number of amides is 2. The molecular formula is C18H25N3O4. The molecule has 1 aromatic rings. The van der Waals surface area contributed by atoms with Crippen molar-refractivity contribution in [3.05, 3.63) is 29.8 Å². The summed E-state index contributed by atoms with van der Waals surface area (Å²) in [5.41, 5.74) is 6.28. The summed E-state index contributed by atoms with van der Waals surface area (Å²) in [5.74, 6) is -1.06. The molecule has 25 heavy (non-hydrogen) atoms. The normalized spacial score (nSPS) is 16.8. The van der Waals surface area contributed by atoms with Gasteiger partial charge in [0.05, 0.1) is 12.1 Å². The van der Waals surface area contributed by atoms with Crippen LogP contribution in [0.25, 0.3) is 0 Å². The lowest BCUT2D eigenvalue weighted by atomic mass is 9.98. The highest BCUT2D eigenvalue weighted by atomic mass is 16.5. The fraction of sp³-hybridized carbons (Fsp3) is 0.500. The molecule has 0 bridgehead atoms. The predicted octanol–water partition coefficient (Wildman–Crippen LogP) is 1.58. The van der Waals surface area contributed by atoms with Crippen molar-refractivity contribution < 1.29 is 19.1 Å². The van der Waals surface area contributed by atoms with E-state index >= 15 is 0 Å². The van der Waals surface area contributed by atoms with Crippen molar-refractivity contribution in [2.45, 2.75) is 51.1 Å². The summed E-state index contributed by atoms with van der Waals surface area (Å²) >= 11 is 0. The molecule has 136 valence electrons. The van der Waals surface area contributed by atoms with Crippen LogP contribution in [0, 0.1) is 0 Å². The van der Waals surface area contributed by atoms with Crippen LogP contribution in [-0.2, 0) is 14.3 Å². The molecule has 1 aromatic carbocycles. The number of benzene rings is 1. The van der Waals surface area contributed by atoms with Crippen LogP contribution >= 0.6 is 0 Å². The highest BCUT2D eigenvalue weighted by Crippen LogP contribution is 2.28. The monoisotopic (exact) mass is 347 g/mol. The molecule has 0 radical (unpaired) electrons. The summed E-state index contributed by atoms with van der Waals surface area (Å²) < 4.78 is 4.85. The van der Waals surface area contributed by atoms with E-state index < -0.39 is 17.6 Å². The third-order valence-electron chi connectivity index (χ3n) is 4.34. The second-order valence-electron chi connectivity index (χ2n) is 6.34. The smallest absolute Gasteiger partial charge is 0.328 e. The number of nitrogens with two attached hydrogens (primary N) is 1. The average molecular weight is 347 g/mol. The van der Waals surface area contributed by atoms with Gasteiger partial charge in [-0.25, -0.2) is 4.79 Å². The van der Waals surface area contributed by atoms with Crippen LogP contribution in [0.15, 0.2) is 24.3 Å². The van der Waals surface area contributed by atoms with Gasteiger partial charge in [0.1, 0.15) is 6.04 Å². The molecule has 0 aromatic heterocycles. The van der Waals surface area contributed by atoms with Crippen LogP contribution < -0.4 is 16.4 Å². The lowest BCUT2D eigenvalue weighted by molar-refractivity contribution is -0.144. The van der Waals surface area contributed by atoms with Gasteiger partial charge in [0, 0.05) is 11.3 Å². The molecule has 7 heteroatoms. The summed E-state index contributed by atoms with van der Waals surface area (Å²) in [6, 6.07) is 5.72. The fourth-order valence-electron chi connectivity index (χ4n) is 2.80. The number of hydrogen-bond donors (Lipinski definition) is 3. The summed E-state index contributed by atoms with van der Waals surface area (Å²) in [5, 5.41) is 5.37. The summed E-state index contributed by atoms with van der Waals surface area (Å²) in [6.07, 6.45) is 3.29. The van der Waals surface area contributed by atoms with Gasteiger partial charge in [-0.1, -0.05) is 12.8 Å². The molecule has 0 spiro atoms. The number of anilines is 1. The zero-order valence-electron chi connectivity index (χ0n) is 14.6. The first-order chi connectivity index (χ1) is 11.9. The fourth-order valence-corrected chi connectivity index (χ4v) is 2.80. The first kappa shape index (κ1) is 18.9. The van der Waals surface area contributed by atoms with E-state index in [1.807, 2.05) is 0 Å². The van der Waals surface area contributed by atoms with E-state index in [4.69, 9.17) is 10.5 Å². The number of ether oxygens (including phenoxy) is 1. The molecule has 0 aliphatic heterocycles. The van der Waals surface area contributed by atoms with Gasteiger partial charge in [0.2, 0.25) is 5.91 Å². The van der Waals surface area contributed by atoms with Crippen LogP contribution in [0.1, 0.15) is 49.9 Å². The Morgan fingerprint density at radius 3 is 2.36 bits per heavy atom. The van der Waals surface area contributed by atoms with Crippen molar-refractivity contribution in [3.63, 3.8) is 0 Å². The van der Waals surface area contributed by atoms with Crippen molar-refractivity contribution in [1.82, 2.24) is 5.32 Å². The zero-order valence-corrected chi connectivity index (χ0v) is 14.6. The molecule has 2 rings (SSSR count). The molecule has 0 saturated heterocycles. The Labute approximate surface area is 147 Å². The summed E-state index contributed by atoms with van der Waals surface area (Å²) in [7, 11) is 0. The SMILES string of the molecule is CCOC(=O)C(C)NC(=O)c1ccc(NC(=O)C2(N)CCCC2)cc1. The summed E-state index contributed by atoms with van der Waals surface area (Å²) in [4.78, 5) is 35.9. The zero-order chi connectivity index (χ0) is 18.4. The van der Waals surface area contributed by atoms with Gasteiger partial charge in [0.25, 0.3) is 5.91 Å². The standard InChI is InChI=1S/C18H25N3O4/c1-3-25-16(23)12(2)20-15(22)13-6-8-14(9-7-13)21-17(24)18(19)10-4-5-11-18/h6-9,12H,3-5,10-11,19H2,1-2H3,(H,20,22)(H,21,24). The van der Waals surface area contributed by atoms with E-state index in [0.29, 0.717) is 24.1 Å². The Kier molecular flexibility index (Phi) is 6.14. The maximum Gasteiger partial charge on any atom is 0.328 e. The van der Waals surface area contributed by atoms with E-state index in [1.165, 1.54) is 0 Å². The van der Waals surface area contributed by atoms with Crippen LogP contribution in [0.5, 0.6) is 0 Å². The van der Waals surface area contributed by atoms with E-state index in [9.17, 15) is 14.4 Å². The molecule has 0 heterocycles. The minimum atomic E-state index is -0.800. The molecule has 1 atom stereocenters. The molecule has 1 fully saturated rings. The Morgan fingerprint density at radius 1 is 1.20 bits per heavy atom. The first-order valence-corrected chi connectivity index (χ1v) is 8.53.